The Morgan fingerprint density at radius 3 is 1.91 bits per heavy atom. The predicted molar refractivity (Wildman–Crippen MR) is 50.8 cm³/mol. The van der Waals surface area contributed by atoms with Crippen molar-refractivity contribution in [2.45, 2.75) is 52.7 Å². The summed E-state index contributed by atoms with van der Waals surface area (Å²) in [5.41, 5.74) is 0. The number of nitrogens with one attached hydrogen (secondary N) is 1. The van der Waals surface area contributed by atoms with E-state index in [0.717, 1.165) is 12.8 Å². The molecular formula is C9H23NO. The zero-order chi connectivity index (χ0) is 9.28. The molecule has 0 saturated carbocycles. The molecule has 0 unspecified atom stereocenters. The SMILES string of the molecule is CC.CCC[C@H](NC)[C@H](C)O. The van der Waals surface area contributed by atoms with Crippen LogP contribution in [0.25, 0.3) is 0 Å². The molecule has 2 nitrogen and oxygen atoms in total. The van der Waals surface area contributed by atoms with Crippen molar-refractivity contribution in [2.24, 2.45) is 0 Å². The summed E-state index contributed by atoms with van der Waals surface area (Å²) in [6.07, 6.45) is 1.94. The molecule has 0 radical (unpaired) electrons. The minimum atomic E-state index is -0.227. The summed E-state index contributed by atoms with van der Waals surface area (Å²) in [7, 11) is 1.88. The van der Waals surface area contributed by atoms with Gasteiger partial charge < -0.3 is 10.4 Å². The van der Waals surface area contributed by atoms with Crippen molar-refractivity contribution >= 4 is 0 Å². The molecule has 70 valence electrons. The highest BCUT2D eigenvalue weighted by molar-refractivity contribution is 4.68. The van der Waals surface area contributed by atoms with Crippen LogP contribution in [0.1, 0.15) is 40.5 Å². The van der Waals surface area contributed by atoms with Crippen molar-refractivity contribution in [2.75, 3.05) is 7.05 Å². The van der Waals surface area contributed by atoms with Crippen LogP contribution in [0.4, 0.5) is 0 Å². The van der Waals surface area contributed by atoms with E-state index >= 15 is 0 Å². The first kappa shape index (κ1) is 13.5. The van der Waals surface area contributed by atoms with Crippen LogP contribution in [0, 0.1) is 0 Å². The number of hydrogen-bond donors (Lipinski definition) is 2. The number of aliphatic hydroxyl groups is 1. The van der Waals surface area contributed by atoms with Crippen LogP contribution in [0.3, 0.4) is 0 Å². The fourth-order valence-electron chi connectivity index (χ4n) is 0.938. The van der Waals surface area contributed by atoms with E-state index in [-0.39, 0.29) is 12.1 Å². The van der Waals surface area contributed by atoms with Gasteiger partial charge in [0.1, 0.15) is 0 Å². The minimum absolute atomic E-state index is 0.227. The fourth-order valence-corrected chi connectivity index (χ4v) is 0.938. The molecule has 0 aliphatic rings. The maximum Gasteiger partial charge on any atom is 0.0664 e. The van der Waals surface area contributed by atoms with Crippen molar-refractivity contribution in [3.05, 3.63) is 0 Å². The lowest BCUT2D eigenvalue weighted by molar-refractivity contribution is 0.144. The van der Waals surface area contributed by atoms with E-state index in [1.807, 2.05) is 27.8 Å². The Balaban J connectivity index is 0. The van der Waals surface area contributed by atoms with Crippen molar-refractivity contribution in [3.8, 4) is 0 Å². The third-order valence-electron chi connectivity index (χ3n) is 1.55. The monoisotopic (exact) mass is 161 g/mol. The number of aliphatic hydroxyl groups excluding tert-OH is 1. The van der Waals surface area contributed by atoms with E-state index in [1.54, 1.807) is 0 Å². The molecule has 0 aliphatic heterocycles. The summed E-state index contributed by atoms with van der Waals surface area (Å²) < 4.78 is 0. The van der Waals surface area contributed by atoms with Gasteiger partial charge in [0.15, 0.2) is 0 Å². The summed E-state index contributed by atoms with van der Waals surface area (Å²) in [5, 5.41) is 12.1. The molecule has 0 amide bonds. The smallest absolute Gasteiger partial charge is 0.0664 e. The molecule has 2 heteroatoms. The van der Waals surface area contributed by atoms with Gasteiger partial charge in [0, 0.05) is 6.04 Å². The first-order chi connectivity index (χ1) is 5.22. The topological polar surface area (TPSA) is 32.3 Å². The van der Waals surface area contributed by atoms with E-state index in [1.165, 1.54) is 0 Å². The molecule has 11 heavy (non-hydrogen) atoms. The molecular weight excluding hydrogens is 138 g/mol. The molecule has 2 N–H and O–H groups in total. The molecule has 0 aromatic rings. The van der Waals surface area contributed by atoms with E-state index in [4.69, 9.17) is 5.11 Å². The lowest BCUT2D eigenvalue weighted by Gasteiger charge is -2.17. The predicted octanol–water partition coefficient (Wildman–Crippen LogP) is 1.78. The van der Waals surface area contributed by atoms with E-state index in [9.17, 15) is 0 Å². The normalized spacial score (nSPS) is 14.7. The highest BCUT2D eigenvalue weighted by Gasteiger charge is 2.09. The standard InChI is InChI=1S/C7H17NO.C2H6/c1-4-5-7(8-3)6(2)9;1-2/h6-9H,4-5H2,1-3H3;1-2H3/t6-,7-;/m0./s1. The molecule has 0 bridgehead atoms. The third kappa shape index (κ3) is 7.82. The Morgan fingerprint density at radius 2 is 1.82 bits per heavy atom. The van der Waals surface area contributed by atoms with Gasteiger partial charge in [-0.15, -0.1) is 0 Å². The molecule has 2 atom stereocenters. The average Bonchev–Trinajstić information content (AvgIpc) is 2.03. The molecule has 0 aliphatic carbocycles. The van der Waals surface area contributed by atoms with Crippen LogP contribution in [0.2, 0.25) is 0 Å². The number of hydrogen-bond acceptors (Lipinski definition) is 2. The van der Waals surface area contributed by atoms with Gasteiger partial charge in [0.25, 0.3) is 0 Å². The molecule has 0 spiro atoms. The molecule has 0 saturated heterocycles. The zero-order valence-corrected chi connectivity index (χ0v) is 8.52. The third-order valence-corrected chi connectivity index (χ3v) is 1.55. The van der Waals surface area contributed by atoms with Gasteiger partial charge in [0.2, 0.25) is 0 Å². The largest absolute Gasteiger partial charge is 0.392 e. The summed E-state index contributed by atoms with van der Waals surface area (Å²) in [4.78, 5) is 0. The van der Waals surface area contributed by atoms with E-state index < -0.39 is 0 Å². The van der Waals surface area contributed by atoms with Gasteiger partial charge in [-0.05, 0) is 20.4 Å². The lowest BCUT2D eigenvalue weighted by atomic mass is 10.1. The van der Waals surface area contributed by atoms with Gasteiger partial charge in [-0.25, -0.2) is 0 Å². The van der Waals surface area contributed by atoms with Gasteiger partial charge in [-0.3, -0.25) is 0 Å². The Labute approximate surface area is 71.0 Å². The summed E-state index contributed by atoms with van der Waals surface area (Å²) in [6, 6.07) is 0.273. The summed E-state index contributed by atoms with van der Waals surface area (Å²) in [6.45, 7) is 7.93. The Morgan fingerprint density at radius 1 is 1.36 bits per heavy atom. The summed E-state index contributed by atoms with van der Waals surface area (Å²) >= 11 is 0. The maximum atomic E-state index is 9.08. The van der Waals surface area contributed by atoms with Crippen molar-refractivity contribution in [3.63, 3.8) is 0 Å². The van der Waals surface area contributed by atoms with Crippen LogP contribution in [-0.4, -0.2) is 24.3 Å². The van der Waals surface area contributed by atoms with Crippen molar-refractivity contribution in [1.82, 2.24) is 5.32 Å². The van der Waals surface area contributed by atoms with Crippen LogP contribution >= 0.6 is 0 Å². The number of likely N-dealkylation sites (N-methyl/N-ethyl adjacent to an activating group) is 1. The molecule has 0 aromatic heterocycles. The number of rotatable bonds is 4. The molecule has 0 rings (SSSR count). The zero-order valence-electron chi connectivity index (χ0n) is 8.52. The van der Waals surface area contributed by atoms with Crippen LogP contribution < -0.4 is 5.32 Å². The van der Waals surface area contributed by atoms with Gasteiger partial charge in [-0.2, -0.15) is 0 Å². The quantitative estimate of drug-likeness (QED) is 0.658. The van der Waals surface area contributed by atoms with Crippen LogP contribution in [-0.2, 0) is 0 Å². The highest BCUT2D eigenvalue weighted by Crippen LogP contribution is 1.99. The molecule has 0 heterocycles. The maximum absolute atomic E-state index is 9.08. The Kier molecular flexibility index (Phi) is 12.2. The Hall–Kier alpha value is -0.0800. The fraction of sp³-hybridized carbons (Fsp3) is 1.00. The molecule has 0 fully saturated rings. The first-order valence-corrected chi connectivity index (χ1v) is 4.57. The van der Waals surface area contributed by atoms with Crippen molar-refractivity contribution < 1.29 is 5.11 Å². The molecule has 0 aromatic carbocycles. The average molecular weight is 161 g/mol. The van der Waals surface area contributed by atoms with Gasteiger partial charge >= 0.3 is 0 Å². The van der Waals surface area contributed by atoms with E-state index in [2.05, 4.69) is 12.2 Å². The lowest BCUT2D eigenvalue weighted by Crippen LogP contribution is -2.35. The van der Waals surface area contributed by atoms with Gasteiger partial charge in [0.05, 0.1) is 6.10 Å². The summed E-state index contributed by atoms with van der Waals surface area (Å²) in [5.74, 6) is 0. The minimum Gasteiger partial charge on any atom is -0.392 e. The van der Waals surface area contributed by atoms with E-state index in [0.29, 0.717) is 0 Å². The van der Waals surface area contributed by atoms with Gasteiger partial charge in [-0.1, -0.05) is 27.2 Å². The first-order valence-electron chi connectivity index (χ1n) is 4.57. The highest BCUT2D eigenvalue weighted by atomic mass is 16.3. The van der Waals surface area contributed by atoms with Crippen LogP contribution in [0.15, 0.2) is 0 Å². The van der Waals surface area contributed by atoms with Crippen molar-refractivity contribution in [1.29, 1.82) is 0 Å². The second-order valence-corrected chi connectivity index (χ2v) is 2.42. The second-order valence-electron chi connectivity index (χ2n) is 2.42. The Bertz CT molecular complexity index is 64.6. The van der Waals surface area contributed by atoms with Crippen LogP contribution in [0.5, 0.6) is 0 Å². The second kappa shape index (κ2) is 9.92.